The fraction of sp³-hybridized carbons (Fsp3) is 0.875. The van der Waals surface area contributed by atoms with E-state index in [0.29, 0.717) is 5.92 Å². The lowest BCUT2D eigenvalue weighted by Crippen LogP contribution is -2.19. The second-order valence-corrected chi connectivity index (χ2v) is 2.89. The molecule has 0 bridgehead atoms. The zero-order valence-corrected chi connectivity index (χ0v) is 5.71. The van der Waals surface area contributed by atoms with Gasteiger partial charge in [-0.15, -0.1) is 0 Å². The van der Waals surface area contributed by atoms with Crippen LogP contribution in [0.4, 0.5) is 0 Å². The molecule has 1 N–H and O–H groups in total. The molecule has 0 heterocycles. The number of rotatable bonds is 1. The molecule has 2 unspecified atom stereocenters. The fourth-order valence-corrected chi connectivity index (χ4v) is 1.46. The highest BCUT2D eigenvalue weighted by Crippen LogP contribution is 2.28. The molecule has 0 spiro atoms. The average molecular weight is 126 g/mol. The number of aliphatic hydroxyl groups is 1. The van der Waals surface area contributed by atoms with Gasteiger partial charge < -0.3 is 5.11 Å². The molecule has 0 aromatic rings. The number of hydrogen-bond acceptors (Lipinski definition) is 1. The zero-order valence-electron chi connectivity index (χ0n) is 5.71. The molecule has 9 heavy (non-hydrogen) atoms. The normalized spacial score (nSPS) is 36.7. The smallest absolute Gasteiger partial charge is 0.0462 e. The molecule has 1 nitrogen and oxygen atoms in total. The molecular weight excluding hydrogens is 112 g/mol. The second kappa shape index (κ2) is 3.21. The van der Waals surface area contributed by atoms with Crippen LogP contribution in [-0.2, 0) is 0 Å². The standard InChI is InChI=1S/C8H14O/c1-7-4-2-3-5-8(7)6-9/h1,7-9H,2-6H2. The van der Waals surface area contributed by atoms with Gasteiger partial charge in [0.2, 0.25) is 0 Å². The Morgan fingerprint density at radius 2 is 2.00 bits per heavy atom. The lowest BCUT2D eigenvalue weighted by Gasteiger charge is -2.26. The van der Waals surface area contributed by atoms with Crippen molar-refractivity contribution in [3.05, 3.63) is 6.92 Å². The van der Waals surface area contributed by atoms with Crippen molar-refractivity contribution in [3.63, 3.8) is 0 Å². The number of hydrogen-bond donors (Lipinski definition) is 1. The lowest BCUT2D eigenvalue weighted by atomic mass is 9.81. The zero-order chi connectivity index (χ0) is 6.69. The molecule has 1 saturated carbocycles. The van der Waals surface area contributed by atoms with Crippen LogP contribution in [0.5, 0.6) is 0 Å². The Morgan fingerprint density at radius 3 is 2.44 bits per heavy atom. The first-order valence-corrected chi connectivity index (χ1v) is 3.71. The third-order valence-corrected chi connectivity index (χ3v) is 2.20. The van der Waals surface area contributed by atoms with Gasteiger partial charge in [-0.3, -0.25) is 0 Å². The van der Waals surface area contributed by atoms with Crippen LogP contribution in [0.3, 0.4) is 0 Å². The highest BCUT2D eigenvalue weighted by atomic mass is 16.3. The molecule has 0 aliphatic heterocycles. The molecule has 0 saturated heterocycles. The Morgan fingerprint density at radius 1 is 1.33 bits per heavy atom. The van der Waals surface area contributed by atoms with E-state index in [1.54, 1.807) is 0 Å². The van der Waals surface area contributed by atoms with Crippen LogP contribution in [0.15, 0.2) is 0 Å². The van der Waals surface area contributed by atoms with Gasteiger partial charge in [-0.1, -0.05) is 12.8 Å². The summed E-state index contributed by atoms with van der Waals surface area (Å²) in [5, 5.41) is 8.78. The maximum absolute atomic E-state index is 8.78. The predicted molar refractivity (Wildman–Crippen MR) is 36.8 cm³/mol. The summed E-state index contributed by atoms with van der Waals surface area (Å²) in [7, 11) is 0. The Balaban J connectivity index is 2.30. The fourth-order valence-electron chi connectivity index (χ4n) is 1.46. The van der Waals surface area contributed by atoms with Gasteiger partial charge >= 0.3 is 0 Å². The van der Waals surface area contributed by atoms with E-state index in [9.17, 15) is 0 Å². The summed E-state index contributed by atoms with van der Waals surface area (Å²) in [6, 6.07) is 0. The molecular formula is C8H14O. The van der Waals surface area contributed by atoms with Gasteiger partial charge in [0.15, 0.2) is 0 Å². The summed E-state index contributed by atoms with van der Waals surface area (Å²) < 4.78 is 0. The van der Waals surface area contributed by atoms with Crippen molar-refractivity contribution >= 4 is 0 Å². The summed E-state index contributed by atoms with van der Waals surface area (Å²) in [4.78, 5) is 0. The van der Waals surface area contributed by atoms with E-state index in [0.717, 1.165) is 12.8 Å². The van der Waals surface area contributed by atoms with Crippen molar-refractivity contribution in [2.45, 2.75) is 25.7 Å². The van der Waals surface area contributed by atoms with Crippen molar-refractivity contribution in [2.24, 2.45) is 11.8 Å². The van der Waals surface area contributed by atoms with Crippen LogP contribution < -0.4 is 0 Å². The van der Waals surface area contributed by atoms with E-state index < -0.39 is 0 Å². The first-order valence-electron chi connectivity index (χ1n) is 3.71. The largest absolute Gasteiger partial charge is 0.396 e. The first kappa shape index (κ1) is 7.07. The van der Waals surface area contributed by atoms with Crippen LogP contribution in [0.2, 0.25) is 0 Å². The maximum atomic E-state index is 8.78. The number of aliphatic hydroxyl groups excluding tert-OH is 1. The Kier molecular flexibility index (Phi) is 2.52. The van der Waals surface area contributed by atoms with Gasteiger partial charge in [0, 0.05) is 6.61 Å². The summed E-state index contributed by atoms with van der Waals surface area (Å²) >= 11 is 0. The van der Waals surface area contributed by atoms with Crippen molar-refractivity contribution in [1.29, 1.82) is 0 Å². The summed E-state index contributed by atoms with van der Waals surface area (Å²) in [5.41, 5.74) is 0. The lowest BCUT2D eigenvalue weighted by molar-refractivity contribution is 0.156. The van der Waals surface area contributed by atoms with Gasteiger partial charge in [-0.25, -0.2) is 0 Å². The Bertz CT molecular complexity index is 80.6. The molecule has 2 atom stereocenters. The van der Waals surface area contributed by atoms with E-state index in [1.165, 1.54) is 12.8 Å². The molecule has 0 aromatic carbocycles. The monoisotopic (exact) mass is 126 g/mol. The van der Waals surface area contributed by atoms with E-state index >= 15 is 0 Å². The molecule has 1 aliphatic rings. The third-order valence-electron chi connectivity index (χ3n) is 2.20. The summed E-state index contributed by atoms with van der Waals surface area (Å²) in [6.45, 7) is 6.01. The van der Waals surface area contributed by atoms with E-state index in [4.69, 9.17) is 12.0 Å². The van der Waals surface area contributed by atoms with Crippen LogP contribution in [0.25, 0.3) is 0 Å². The molecule has 1 aliphatic carbocycles. The maximum Gasteiger partial charge on any atom is 0.0462 e. The molecule has 1 fully saturated rings. The van der Waals surface area contributed by atoms with Crippen molar-refractivity contribution in [3.8, 4) is 0 Å². The van der Waals surface area contributed by atoms with E-state index in [-0.39, 0.29) is 12.5 Å². The van der Waals surface area contributed by atoms with E-state index in [2.05, 4.69) is 0 Å². The highest BCUT2D eigenvalue weighted by molar-refractivity contribution is 4.75. The topological polar surface area (TPSA) is 20.2 Å². The van der Waals surface area contributed by atoms with Crippen molar-refractivity contribution in [2.75, 3.05) is 6.61 Å². The minimum absolute atomic E-state index is 0.267. The average Bonchev–Trinajstić information content (AvgIpc) is 1.89. The molecule has 52 valence electrons. The van der Waals surface area contributed by atoms with Crippen LogP contribution in [-0.4, -0.2) is 11.7 Å². The quantitative estimate of drug-likeness (QED) is 0.564. The summed E-state index contributed by atoms with van der Waals surface area (Å²) in [6.07, 6.45) is 4.72. The first-order chi connectivity index (χ1) is 4.34. The predicted octanol–water partition coefficient (Wildman–Crippen LogP) is 1.50. The van der Waals surface area contributed by atoms with Crippen molar-refractivity contribution in [1.82, 2.24) is 0 Å². The molecule has 0 amide bonds. The van der Waals surface area contributed by atoms with E-state index in [1.807, 2.05) is 0 Å². The Labute approximate surface area is 57.1 Å². The molecule has 2 radical (unpaired) electrons. The van der Waals surface area contributed by atoms with Gasteiger partial charge in [0.05, 0.1) is 0 Å². The highest BCUT2D eigenvalue weighted by Gasteiger charge is 2.19. The third kappa shape index (κ3) is 1.68. The molecule has 1 heteroatoms. The van der Waals surface area contributed by atoms with Crippen LogP contribution >= 0.6 is 0 Å². The SMILES string of the molecule is [CH]C1CCCCC1CO. The van der Waals surface area contributed by atoms with Crippen molar-refractivity contribution < 1.29 is 5.11 Å². The minimum atomic E-state index is 0.267. The Hall–Kier alpha value is -0.0400. The molecule has 0 aromatic heterocycles. The van der Waals surface area contributed by atoms with Gasteiger partial charge in [0.1, 0.15) is 0 Å². The minimum Gasteiger partial charge on any atom is -0.396 e. The molecule has 1 rings (SSSR count). The van der Waals surface area contributed by atoms with Crippen LogP contribution in [0.1, 0.15) is 25.7 Å². The van der Waals surface area contributed by atoms with Gasteiger partial charge in [-0.2, -0.15) is 0 Å². The van der Waals surface area contributed by atoms with Gasteiger partial charge in [0.25, 0.3) is 0 Å². The summed E-state index contributed by atoms with van der Waals surface area (Å²) in [5.74, 6) is 0.655. The second-order valence-electron chi connectivity index (χ2n) is 2.89. The van der Waals surface area contributed by atoms with Gasteiger partial charge in [-0.05, 0) is 31.6 Å². The van der Waals surface area contributed by atoms with Crippen LogP contribution in [0, 0.1) is 18.8 Å².